The number of carbonyl (C=O) groups is 1. The van der Waals surface area contributed by atoms with Crippen molar-refractivity contribution in [1.29, 1.82) is 0 Å². The number of sulfonamides is 1. The second-order valence-electron chi connectivity index (χ2n) is 8.29. The molecule has 3 aromatic rings. The maximum Gasteiger partial charge on any atom is 0.243 e. The highest BCUT2D eigenvalue weighted by atomic mass is 32.2. The van der Waals surface area contributed by atoms with Gasteiger partial charge in [-0.1, -0.05) is 36.8 Å². The molecule has 4 rings (SSSR count). The molecule has 0 saturated carbocycles. The van der Waals surface area contributed by atoms with E-state index < -0.39 is 10.0 Å². The topological polar surface area (TPSA) is 84.3 Å². The maximum absolute atomic E-state index is 13.0. The number of hydrogen-bond acceptors (Lipinski definition) is 4. The third-order valence-electron chi connectivity index (χ3n) is 6.05. The van der Waals surface area contributed by atoms with Gasteiger partial charge in [0.1, 0.15) is 5.82 Å². The number of rotatable bonds is 8. The van der Waals surface area contributed by atoms with Gasteiger partial charge in [-0.2, -0.15) is 4.31 Å². The van der Waals surface area contributed by atoms with E-state index in [9.17, 15) is 13.2 Å². The molecule has 0 atom stereocenters. The molecule has 0 bridgehead atoms. The van der Waals surface area contributed by atoms with E-state index in [0.29, 0.717) is 38.0 Å². The molecule has 0 unspecified atom stereocenters. The van der Waals surface area contributed by atoms with E-state index in [0.717, 1.165) is 37.0 Å². The van der Waals surface area contributed by atoms with Crippen molar-refractivity contribution in [1.82, 2.24) is 19.2 Å². The number of piperidine rings is 1. The summed E-state index contributed by atoms with van der Waals surface area (Å²) in [6, 6.07) is 15.2. The molecule has 1 aromatic heterocycles. The molecule has 7 nitrogen and oxygen atoms in total. The van der Waals surface area contributed by atoms with Crippen LogP contribution in [-0.4, -0.2) is 47.8 Å². The molecule has 32 heavy (non-hydrogen) atoms. The number of imidazole rings is 1. The first-order chi connectivity index (χ1) is 15.4. The summed E-state index contributed by atoms with van der Waals surface area (Å²) in [5.74, 6) is 0.757. The number of aromatic nitrogens is 2. The molecular weight excluding hydrogens is 424 g/mol. The first kappa shape index (κ1) is 22.5. The van der Waals surface area contributed by atoms with Gasteiger partial charge in [-0.25, -0.2) is 13.4 Å². The highest BCUT2D eigenvalue weighted by Crippen LogP contribution is 2.24. The van der Waals surface area contributed by atoms with E-state index in [4.69, 9.17) is 0 Å². The Morgan fingerprint density at radius 2 is 1.78 bits per heavy atom. The van der Waals surface area contributed by atoms with Gasteiger partial charge in [-0.3, -0.25) is 4.79 Å². The predicted molar refractivity (Wildman–Crippen MR) is 125 cm³/mol. The van der Waals surface area contributed by atoms with Crippen LogP contribution in [0.3, 0.4) is 0 Å². The normalized spacial score (nSPS) is 15.2. The average molecular weight is 455 g/mol. The van der Waals surface area contributed by atoms with Crippen molar-refractivity contribution < 1.29 is 13.2 Å². The Balaban J connectivity index is 1.39. The molecule has 0 aliphatic carbocycles. The Morgan fingerprint density at radius 1 is 1.03 bits per heavy atom. The van der Waals surface area contributed by atoms with Crippen LogP contribution >= 0.6 is 0 Å². The zero-order valence-corrected chi connectivity index (χ0v) is 19.3. The standard InChI is InChI=1S/C24H30N4O3S/c1-27-22-11-10-20(32(30,31)28-16-6-3-7-17-28)18-21(22)26-23(27)12-13-24(29)25-15-14-19-8-4-2-5-9-19/h2,4-5,8-11,18H,3,6-7,12-17H2,1H3,(H,25,29). The Bertz CT molecular complexity index is 1180. The lowest BCUT2D eigenvalue weighted by Crippen LogP contribution is -2.35. The van der Waals surface area contributed by atoms with Crippen LogP contribution in [0.2, 0.25) is 0 Å². The second kappa shape index (κ2) is 9.83. The van der Waals surface area contributed by atoms with E-state index in [1.165, 1.54) is 5.56 Å². The molecule has 1 fully saturated rings. The Labute approximate surface area is 189 Å². The molecule has 0 spiro atoms. The summed E-state index contributed by atoms with van der Waals surface area (Å²) < 4.78 is 29.5. The highest BCUT2D eigenvalue weighted by Gasteiger charge is 2.26. The highest BCUT2D eigenvalue weighted by molar-refractivity contribution is 7.89. The van der Waals surface area contributed by atoms with Gasteiger partial charge in [0.2, 0.25) is 15.9 Å². The Hall–Kier alpha value is -2.71. The molecule has 1 saturated heterocycles. The third-order valence-corrected chi connectivity index (χ3v) is 7.95. The fraction of sp³-hybridized carbons (Fsp3) is 0.417. The minimum absolute atomic E-state index is 0.0126. The number of hydrogen-bond donors (Lipinski definition) is 1. The zero-order chi connectivity index (χ0) is 22.6. The van der Waals surface area contributed by atoms with E-state index in [2.05, 4.69) is 10.3 Å². The average Bonchev–Trinajstić information content (AvgIpc) is 3.14. The second-order valence-corrected chi connectivity index (χ2v) is 10.2. The van der Waals surface area contributed by atoms with Crippen LogP contribution in [0.15, 0.2) is 53.4 Å². The molecule has 1 aliphatic heterocycles. The summed E-state index contributed by atoms with van der Waals surface area (Å²) >= 11 is 0. The lowest BCUT2D eigenvalue weighted by molar-refractivity contribution is -0.121. The van der Waals surface area contributed by atoms with Gasteiger partial charge >= 0.3 is 0 Å². The quantitative estimate of drug-likeness (QED) is 0.567. The van der Waals surface area contributed by atoms with Gasteiger partial charge in [0, 0.05) is 39.5 Å². The van der Waals surface area contributed by atoms with Gasteiger partial charge in [0.05, 0.1) is 15.9 Å². The number of benzene rings is 2. The van der Waals surface area contributed by atoms with Crippen LogP contribution in [0.4, 0.5) is 0 Å². The molecule has 2 aromatic carbocycles. The largest absolute Gasteiger partial charge is 0.356 e. The molecule has 1 N–H and O–H groups in total. The summed E-state index contributed by atoms with van der Waals surface area (Å²) in [4.78, 5) is 17.2. The molecule has 8 heteroatoms. The van der Waals surface area contributed by atoms with Crippen molar-refractivity contribution in [2.75, 3.05) is 19.6 Å². The van der Waals surface area contributed by atoms with Crippen molar-refractivity contribution in [3.05, 3.63) is 59.9 Å². The molecule has 170 valence electrons. The monoisotopic (exact) mass is 454 g/mol. The molecular formula is C24H30N4O3S. The van der Waals surface area contributed by atoms with Crippen LogP contribution in [0.1, 0.15) is 37.1 Å². The Morgan fingerprint density at radius 3 is 2.53 bits per heavy atom. The number of nitrogens with zero attached hydrogens (tertiary/aromatic N) is 3. The van der Waals surface area contributed by atoms with Crippen LogP contribution in [0.5, 0.6) is 0 Å². The molecule has 1 aliphatic rings. The Kier molecular flexibility index (Phi) is 6.91. The molecule has 1 amide bonds. The van der Waals surface area contributed by atoms with Crippen LogP contribution in [0.25, 0.3) is 11.0 Å². The van der Waals surface area contributed by atoms with Crippen molar-refractivity contribution in [3.63, 3.8) is 0 Å². The first-order valence-electron chi connectivity index (χ1n) is 11.2. The van der Waals surface area contributed by atoms with Crippen LogP contribution in [0, 0.1) is 0 Å². The summed E-state index contributed by atoms with van der Waals surface area (Å²) in [7, 11) is -1.60. The molecule has 2 heterocycles. The predicted octanol–water partition coefficient (Wildman–Crippen LogP) is 3.04. The fourth-order valence-electron chi connectivity index (χ4n) is 4.17. The van der Waals surface area contributed by atoms with Gasteiger partial charge in [0.25, 0.3) is 0 Å². The lowest BCUT2D eigenvalue weighted by Gasteiger charge is -2.25. The lowest BCUT2D eigenvalue weighted by atomic mass is 10.1. The minimum atomic E-state index is -3.50. The SMILES string of the molecule is Cn1c(CCC(=O)NCCc2ccccc2)nc2cc(S(=O)(=O)N3CCCCC3)ccc21. The van der Waals surface area contributed by atoms with Gasteiger partial charge in [0.15, 0.2) is 0 Å². The van der Waals surface area contributed by atoms with Crippen molar-refractivity contribution >= 4 is 27.0 Å². The summed E-state index contributed by atoms with van der Waals surface area (Å²) in [5.41, 5.74) is 2.70. The molecule has 0 radical (unpaired) electrons. The summed E-state index contributed by atoms with van der Waals surface area (Å²) in [5, 5.41) is 2.96. The number of aryl methyl sites for hydroxylation is 2. The van der Waals surface area contributed by atoms with Crippen molar-refractivity contribution in [3.8, 4) is 0 Å². The van der Waals surface area contributed by atoms with Crippen LogP contribution < -0.4 is 5.32 Å². The van der Waals surface area contributed by atoms with E-state index >= 15 is 0 Å². The van der Waals surface area contributed by atoms with Crippen molar-refractivity contribution in [2.45, 2.75) is 43.4 Å². The third kappa shape index (κ3) is 5.02. The van der Waals surface area contributed by atoms with E-state index in [1.54, 1.807) is 16.4 Å². The zero-order valence-electron chi connectivity index (χ0n) is 18.5. The number of nitrogens with one attached hydrogen (secondary N) is 1. The number of fused-ring (bicyclic) bond motifs is 1. The first-order valence-corrected chi connectivity index (χ1v) is 12.7. The van der Waals surface area contributed by atoms with E-state index in [1.807, 2.05) is 48.0 Å². The smallest absolute Gasteiger partial charge is 0.243 e. The van der Waals surface area contributed by atoms with Crippen LogP contribution in [-0.2, 0) is 34.7 Å². The minimum Gasteiger partial charge on any atom is -0.356 e. The van der Waals surface area contributed by atoms with Gasteiger partial charge in [-0.15, -0.1) is 0 Å². The van der Waals surface area contributed by atoms with Gasteiger partial charge in [-0.05, 0) is 43.0 Å². The fourth-order valence-corrected chi connectivity index (χ4v) is 5.71. The number of amides is 1. The number of carbonyl (C=O) groups excluding carboxylic acids is 1. The summed E-state index contributed by atoms with van der Waals surface area (Å²) in [6.07, 6.45) is 4.52. The van der Waals surface area contributed by atoms with Crippen molar-refractivity contribution in [2.24, 2.45) is 7.05 Å². The van der Waals surface area contributed by atoms with E-state index in [-0.39, 0.29) is 10.8 Å². The summed E-state index contributed by atoms with van der Waals surface area (Å²) in [6.45, 7) is 1.75. The van der Waals surface area contributed by atoms with Gasteiger partial charge < -0.3 is 9.88 Å². The maximum atomic E-state index is 13.0.